The van der Waals surface area contributed by atoms with Crippen LogP contribution in [0.15, 0.2) is 67.0 Å². The molecule has 0 saturated carbocycles. The number of benzene rings is 2. The maximum atomic E-state index is 14.9. The first-order valence-electron chi connectivity index (χ1n) is 10.5. The fraction of sp³-hybridized carbons (Fsp3) is 0.115. The zero-order valence-corrected chi connectivity index (χ0v) is 18.1. The van der Waals surface area contributed by atoms with Crippen molar-refractivity contribution in [2.45, 2.75) is 20.0 Å². The van der Waals surface area contributed by atoms with Crippen LogP contribution in [0.4, 0.5) is 13.2 Å². The first kappa shape index (κ1) is 21.6. The third-order valence-electron chi connectivity index (χ3n) is 5.59. The maximum absolute atomic E-state index is 14.9. The van der Waals surface area contributed by atoms with E-state index in [-0.39, 0.29) is 30.1 Å². The van der Waals surface area contributed by atoms with Crippen LogP contribution in [0.5, 0.6) is 11.5 Å². The molecular weight excluding hydrogens is 443 g/mol. The van der Waals surface area contributed by atoms with Crippen molar-refractivity contribution >= 4 is 5.91 Å². The molecule has 0 spiro atoms. The van der Waals surface area contributed by atoms with Crippen molar-refractivity contribution in [1.82, 2.24) is 14.9 Å². The van der Waals surface area contributed by atoms with Gasteiger partial charge < -0.3 is 9.64 Å². The Bertz CT molecular complexity index is 1400. The normalized spacial score (nSPS) is 12.7. The van der Waals surface area contributed by atoms with Gasteiger partial charge in [0.2, 0.25) is 0 Å². The predicted molar refractivity (Wildman–Crippen MR) is 119 cm³/mol. The zero-order chi connectivity index (χ0) is 23.8. The van der Waals surface area contributed by atoms with E-state index < -0.39 is 29.1 Å². The molecule has 1 amide bonds. The average molecular weight is 461 g/mol. The molecule has 0 saturated heterocycles. The number of carbonyl (C=O) groups excluding carboxylic acids is 1. The number of carbonyl (C=O) groups is 1. The molecule has 8 heteroatoms. The van der Waals surface area contributed by atoms with Gasteiger partial charge in [-0.2, -0.15) is 0 Å². The topological polar surface area (TPSA) is 55.3 Å². The van der Waals surface area contributed by atoms with Gasteiger partial charge in [-0.3, -0.25) is 14.8 Å². The molecule has 1 aliphatic rings. The molecule has 1 aliphatic heterocycles. The lowest BCUT2D eigenvalue weighted by Gasteiger charge is -2.16. The molecule has 5 nitrogen and oxygen atoms in total. The van der Waals surface area contributed by atoms with Crippen molar-refractivity contribution < 1.29 is 22.7 Å². The highest BCUT2D eigenvalue weighted by molar-refractivity contribution is 6.01. The molecule has 4 aromatic rings. The molecule has 34 heavy (non-hydrogen) atoms. The SMILES string of the molecule is Cc1cc(-c2cnc(CN3Cc4cccc(Oc5c(F)cccc5F)c4C3=O)c(F)c2)ccn1. The summed E-state index contributed by atoms with van der Waals surface area (Å²) < 4.78 is 48.4. The molecule has 2 aromatic heterocycles. The molecule has 0 atom stereocenters. The number of rotatable bonds is 5. The lowest BCUT2D eigenvalue weighted by Crippen LogP contribution is -2.24. The van der Waals surface area contributed by atoms with Gasteiger partial charge in [-0.05, 0) is 54.4 Å². The van der Waals surface area contributed by atoms with Crippen molar-refractivity contribution in [3.63, 3.8) is 0 Å². The molecule has 0 aliphatic carbocycles. The summed E-state index contributed by atoms with van der Waals surface area (Å²) in [6.45, 7) is 1.97. The number of aromatic nitrogens is 2. The number of hydrogen-bond acceptors (Lipinski definition) is 4. The Labute approximate surface area is 193 Å². The number of nitrogens with zero attached hydrogens (tertiary/aromatic N) is 3. The fourth-order valence-electron chi connectivity index (χ4n) is 3.94. The van der Waals surface area contributed by atoms with E-state index in [9.17, 15) is 18.0 Å². The van der Waals surface area contributed by atoms with E-state index in [0.717, 1.165) is 23.4 Å². The Kier molecular flexibility index (Phi) is 5.49. The summed E-state index contributed by atoms with van der Waals surface area (Å²) in [5, 5.41) is 0. The predicted octanol–water partition coefficient (Wildman–Crippen LogP) is 5.82. The van der Waals surface area contributed by atoms with Crippen LogP contribution in [0.3, 0.4) is 0 Å². The molecule has 3 heterocycles. The number of halogens is 3. The minimum Gasteiger partial charge on any atom is -0.450 e. The van der Waals surface area contributed by atoms with Gasteiger partial charge >= 0.3 is 0 Å². The van der Waals surface area contributed by atoms with E-state index in [2.05, 4.69) is 9.97 Å². The molecule has 170 valence electrons. The maximum Gasteiger partial charge on any atom is 0.258 e. The lowest BCUT2D eigenvalue weighted by atomic mass is 10.1. The quantitative estimate of drug-likeness (QED) is 0.376. The van der Waals surface area contributed by atoms with Gasteiger partial charge in [-0.1, -0.05) is 18.2 Å². The summed E-state index contributed by atoms with van der Waals surface area (Å²) in [6, 6.07) is 13.2. The Morgan fingerprint density at radius 3 is 2.44 bits per heavy atom. The van der Waals surface area contributed by atoms with Gasteiger partial charge in [-0.15, -0.1) is 0 Å². The van der Waals surface area contributed by atoms with Crippen LogP contribution >= 0.6 is 0 Å². The summed E-state index contributed by atoms with van der Waals surface area (Å²) in [5.41, 5.74) is 3.11. The summed E-state index contributed by atoms with van der Waals surface area (Å²) in [5.74, 6) is -3.29. The van der Waals surface area contributed by atoms with Crippen molar-refractivity contribution in [3.05, 3.63) is 107 Å². The lowest BCUT2D eigenvalue weighted by molar-refractivity contribution is 0.0761. The molecule has 0 N–H and O–H groups in total. The van der Waals surface area contributed by atoms with Gasteiger partial charge in [-0.25, -0.2) is 13.2 Å². The van der Waals surface area contributed by atoms with Crippen LogP contribution in [-0.2, 0) is 13.1 Å². The smallest absolute Gasteiger partial charge is 0.258 e. The third-order valence-corrected chi connectivity index (χ3v) is 5.59. The number of pyridine rings is 2. The van der Waals surface area contributed by atoms with Crippen LogP contribution in [-0.4, -0.2) is 20.8 Å². The van der Waals surface area contributed by atoms with E-state index in [1.165, 1.54) is 23.1 Å². The first-order valence-corrected chi connectivity index (χ1v) is 10.5. The van der Waals surface area contributed by atoms with Crippen molar-refractivity contribution in [2.24, 2.45) is 0 Å². The molecule has 0 bridgehead atoms. The Hall–Kier alpha value is -4.20. The highest BCUT2D eigenvalue weighted by Gasteiger charge is 2.32. The van der Waals surface area contributed by atoms with Gasteiger partial charge in [0.25, 0.3) is 5.91 Å². The van der Waals surface area contributed by atoms with Gasteiger partial charge in [0.05, 0.1) is 17.8 Å². The number of ether oxygens (including phenoxy) is 1. The van der Waals surface area contributed by atoms with Crippen LogP contribution in [0.1, 0.15) is 27.3 Å². The minimum atomic E-state index is -0.879. The first-order chi connectivity index (χ1) is 16.4. The van der Waals surface area contributed by atoms with Crippen molar-refractivity contribution in [1.29, 1.82) is 0 Å². The van der Waals surface area contributed by atoms with Gasteiger partial charge in [0.1, 0.15) is 11.6 Å². The van der Waals surface area contributed by atoms with Crippen molar-refractivity contribution in [3.8, 4) is 22.6 Å². The number of aryl methyl sites for hydroxylation is 1. The summed E-state index contributed by atoms with van der Waals surface area (Å²) >= 11 is 0. The largest absolute Gasteiger partial charge is 0.450 e. The van der Waals surface area contributed by atoms with Gasteiger partial charge in [0.15, 0.2) is 17.4 Å². The Balaban J connectivity index is 1.39. The van der Waals surface area contributed by atoms with Crippen LogP contribution < -0.4 is 4.74 Å². The molecule has 2 aromatic carbocycles. The summed E-state index contributed by atoms with van der Waals surface area (Å²) in [4.78, 5) is 22.9. The minimum absolute atomic E-state index is 0.0332. The highest BCUT2D eigenvalue weighted by atomic mass is 19.1. The van der Waals surface area contributed by atoms with Crippen LogP contribution in [0.25, 0.3) is 11.1 Å². The second kappa shape index (κ2) is 8.62. The molecule has 0 fully saturated rings. The molecule has 0 unspecified atom stereocenters. The second-order valence-corrected chi connectivity index (χ2v) is 7.94. The van der Waals surface area contributed by atoms with E-state index >= 15 is 0 Å². The standard InChI is InChI=1S/C26H18F3N3O2/c1-15-10-16(8-9-30-15)18-11-21(29)22(31-12-18)14-32-13-17-4-2-7-23(24(17)26(32)33)34-25-19(27)5-3-6-20(25)28/h2-12H,13-14H2,1H3. The van der Waals surface area contributed by atoms with E-state index in [1.807, 2.05) is 13.0 Å². The summed E-state index contributed by atoms with van der Waals surface area (Å²) in [7, 11) is 0. The monoisotopic (exact) mass is 461 g/mol. The second-order valence-electron chi connectivity index (χ2n) is 7.94. The highest BCUT2D eigenvalue weighted by Crippen LogP contribution is 2.36. The zero-order valence-electron chi connectivity index (χ0n) is 18.1. The molecule has 0 radical (unpaired) electrons. The Morgan fingerprint density at radius 2 is 1.71 bits per heavy atom. The van der Waals surface area contributed by atoms with E-state index in [1.54, 1.807) is 30.6 Å². The molecular formula is C26H18F3N3O2. The van der Waals surface area contributed by atoms with Gasteiger partial charge in [0, 0.05) is 30.2 Å². The fourth-order valence-corrected chi connectivity index (χ4v) is 3.94. The van der Waals surface area contributed by atoms with E-state index in [0.29, 0.717) is 11.1 Å². The Morgan fingerprint density at radius 1 is 0.941 bits per heavy atom. The van der Waals surface area contributed by atoms with E-state index in [4.69, 9.17) is 4.74 Å². The number of para-hydroxylation sites is 1. The summed E-state index contributed by atoms with van der Waals surface area (Å²) in [6.07, 6.45) is 3.19. The number of amides is 1. The number of hydrogen-bond donors (Lipinski definition) is 0. The molecule has 5 rings (SSSR count). The van der Waals surface area contributed by atoms with Crippen molar-refractivity contribution in [2.75, 3.05) is 0 Å². The number of fused-ring (bicyclic) bond motifs is 1. The van der Waals surface area contributed by atoms with Crippen LogP contribution in [0, 0.1) is 24.4 Å². The average Bonchev–Trinajstić information content (AvgIpc) is 3.13. The van der Waals surface area contributed by atoms with Crippen LogP contribution in [0.2, 0.25) is 0 Å². The third kappa shape index (κ3) is 3.98.